The summed E-state index contributed by atoms with van der Waals surface area (Å²) in [4.78, 5) is 20.5. The van der Waals surface area contributed by atoms with Crippen LogP contribution in [0.2, 0.25) is 0 Å². The fourth-order valence-electron chi connectivity index (χ4n) is 6.34. The predicted octanol–water partition coefficient (Wildman–Crippen LogP) is 12.3. The van der Waals surface area contributed by atoms with E-state index in [-0.39, 0.29) is 39.0 Å². The predicted molar refractivity (Wildman–Crippen MR) is 197 cm³/mol. The Bertz CT molecular complexity index is 533. The van der Waals surface area contributed by atoms with Crippen LogP contribution in [0, 0.1) is 0 Å². The van der Waals surface area contributed by atoms with Crippen molar-refractivity contribution in [2.45, 2.75) is 258 Å². The topological polar surface area (TPSA) is 80.3 Å². The van der Waals surface area contributed by atoms with Crippen molar-refractivity contribution in [1.82, 2.24) is 0 Å². The summed E-state index contributed by atoms with van der Waals surface area (Å²) in [7, 11) is 0. The molecule has 0 rings (SSSR count). The Balaban J connectivity index is -0.000000807. The van der Waals surface area contributed by atoms with Crippen LogP contribution in [0.5, 0.6) is 0 Å². The van der Waals surface area contributed by atoms with E-state index < -0.39 is 11.9 Å². The zero-order chi connectivity index (χ0) is 34.0. The summed E-state index contributed by atoms with van der Waals surface area (Å²) >= 11 is 0. The molecule has 0 spiro atoms. The molecule has 0 saturated carbocycles. The van der Waals surface area contributed by atoms with Gasteiger partial charge >= 0.3 is 26.2 Å². The van der Waals surface area contributed by atoms with Crippen LogP contribution in [-0.2, 0) is 35.8 Å². The number of hydrogen-bond acceptors (Lipinski definition) is 4. The molecule has 0 bridgehead atoms. The minimum absolute atomic E-state index is 0. The smallest absolute Gasteiger partial charge is 0.550 e. The van der Waals surface area contributed by atoms with Crippen molar-refractivity contribution in [1.29, 1.82) is 0 Å². The SMILES string of the molecule is CCCCCCCCCCCCCCCCCCCCC(=O)[O-].CCCCCCCCCCCCCCCCCCCCC(=O)[O-].[Zr+2]. The molecular weight excluding hydrogens is 660 g/mol. The fourth-order valence-corrected chi connectivity index (χ4v) is 6.34. The van der Waals surface area contributed by atoms with Crippen molar-refractivity contribution < 1.29 is 46.0 Å². The molecule has 5 heteroatoms. The first kappa shape index (κ1) is 51.2. The number of carboxylic acid groups (broad SMARTS) is 2. The van der Waals surface area contributed by atoms with Crippen LogP contribution in [0.3, 0.4) is 0 Å². The Hall–Kier alpha value is -0.177. The van der Waals surface area contributed by atoms with E-state index >= 15 is 0 Å². The molecule has 47 heavy (non-hydrogen) atoms. The number of unbranched alkanes of at least 4 members (excludes halogenated alkanes) is 34. The standard InChI is InChI=1S/2C21H42O2.Zr/c2*1-2-3-4-5-6-7-8-9-10-11-12-13-14-15-16-17-18-19-20-21(22)23;/h2*2-20H2,1H3,(H,22,23);/q;;+2/p-2. The number of carboxylic acids is 2. The molecule has 0 aliphatic carbocycles. The van der Waals surface area contributed by atoms with Crippen LogP contribution in [0.4, 0.5) is 0 Å². The quantitative estimate of drug-likeness (QED) is 0.0590. The van der Waals surface area contributed by atoms with Crippen molar-refractivity contribution in [2.24, 2.45) is 0 Å². The van der Waals surface area contributed by atoms with Crippen molar-refractivity contribution in [3.05, 3.63) is 0 Å². The molecule has 0 aromatic heterocycles. The summed E-state index contributed by atoms with van der Waals surface area (Å²) in [5, 5.41) is 20.5. The maximum Gasteiger partial charge on any atom is 2.00 e. The van der Waals surface area contributed by atoms with Gasteiger partial charge in [-0.3, -0.25) is 0 Å². The van der Waals surface area contributed by atoms with Crippen LogP contribution in [0.15, 0.2) is 0 Å². The second-order valence-electron chi connectivity index (χ2n) is 14.3. The van der Waals surface area contributed by atoms with Crippen LogP contribution in [0.1, 0.15) is 258 Å². The van der Waals surface area contributed by atoms with Crippen LogP contribution in [0.25, 0.3) is 0 Å². The third-order valence-electron chi connectivity index (χ3n) is 9.47. The largest absolute Gasteiger partial charge is 2.00 e. The molecule has 0 atom stereocenters. The molecule has 0 radical (unpaired) electrons. The Labute approximate surface area is 314 Å². The first-order valence-electron chi connectivity index (χ1n) is 20.9. The number of rotatable bonds is 38. The normalized spacial score (nSPS) is 10.8. The van der Waals surface area contributed by atoms with Gasteiger partial charge in [0.1, 0.15) is 0 Å². The third-order valence-corrected chi connectivity index (χ3v) is 9.47. The summed E-state index contributed by atoms with van der Waals surface area (Å²) in [5.74, 6) is -1.80. The Morgan fingerprint density at radius 2 is 0.404 bits per heavy atom. The molecule has 0 saturated heterocycles. The average molecular weight is 742 g/mol. The van der Waals surface area contributed by atoms with Gasteiger partial charge in [-0.25, -0.2) is 0 Å². The molecular formula is C42H82O4Zr. The monoisotopic (exact) mass is 741 g/mol. The van der Waals surface area contributed by atoms with E-state index in [1.54, 1.807) is 0 Å². The molecule has 0 unspecified atom stereocenters. The van der Waals surface area contributed by atoms with Gasteiger partial charge in [-0.2, -0.15) is 0 Å². The van der Waals surface area contributed by atoms with Crippen LogP contribution >= 0.6 is 0 Å². The number of carbonyl (C=O) groups is 2. The summed E-state index contributed by atoms with van der Waals surface area (Å²) in [6.07, 6.45) is 48.5. The summed E-state index contributed by atoms with van der Waals surface area (Å²) in [5.41, 5.74) is 0. The molecule has 0 aromatic carbocycles. The van der Waals surface area contributed by atoms with E-state index in [1.165, 1.54) is 205 Å². The zero-order valence-corrected chi connectivity index (χ0v) is 34.5. The third kappa shape index (κ3) is 55.5. The number of carbonyl (C=O) groups excluding carboxylic acids is 2. The summed E-state index contributed by atoms with van der Waals surface area (Å²) in [6.45, 7) is 4.56. The first-order chi connectivity index (χ1) is 22.5. The molecule has 4 nitrogen and oxygen atoms in total. The zero-order valence-electron chi connectivity index (χ0n) is 32.0. The van der Waals surface area contributed by atoms with Gasteiger partial charge in [0.2, 0.25) is 0 Å². The van der Waals surface area contributed by atoms with Gasteiger partial charge in [-0.15, -0.1) is 0 Å². The number of hydrogen-bond donors (Lipinski definition) is 0. The van der Waals surface area contributed by atoms with Gasteiger partial charge in [0.25, 0.3) is 0 Å². The number of aliphatic carboxylic acids is 2. The maximum absolute atomic E-state index is 10.3. The fraction of sp³-hybridized carbons (Fsp3) is 0.952. The first-order valence-corrected chi connectivity index (χ1v) is 20.9. The van der Waals surface area contributed by atoms with Crippen molar-refractivity contribution >= 4 is 11.9 Å². The molecule has 0 heterocycles. The van der Waals surface area contributed by atoms with Gasteiger partial charge in [-0.05, 0) is 25.7 Å². The van der Waals surface area contributed by atoms with E-state index in [4.69, 9.17) is 0 Å². The van der Waals surface area contributed by atoms with E-state index in [2.05, 4.69) is 13.8 Å². The summed E-state index contributed by atoms with van der Waals surface area (Å²) in [6, 6.07) is 0. The van der Waals surface area contributed by atoms with Crippen LogP contribution < -0.4 is 10.2 Å². The van der Waals surface area contributed by atoms with Gasteiger partial charge in [0.05, 0.1) is 0 Å². The van der Waals surface area contributed by atoms with E-state index in [1.807, 2.05) is 0 Å². The molecule has 0 aliphatic rings. The van der Waals surface area contributed by atoms with Crippen molar-refractivity contribution in [3.63, 3.8) is 0 Å². The minimum Gasteiger partial charge on any atom is -0.550 e. The molecule has 0 N–H and O–H groups in total. The minimum atomic E-state index is -0.901. The van der Waals surface area contributed by atoms with Gasteiger partial charge in [0.15, 0.2) is 0 Å². The second kappa shape index (κ2) is 47.9. The van der Waals surface area contributed by atoms with Crippen molar-refractivity contribution in [2.75, 3.05) is 0 Å². The Kier molecular flexibility index (Phi) is 52.2. The van der Waals surface area contributed by atoms with Gasteiger partial charge in [0, 0.05) is 11.9 Å². The Morgan fingerprint density at radius 1 is 0.277 bits per heavy atom. The molecule has 0 aliphatic heterocycles. The van der Waals surface area contributed by atoms with E-state index in [0.29, 0.717) is 0 Å². The molecule has 0 aromatic rings. The van der Waals surface area contributed by atoms with Crippen molar-refractivity contribution in [3.8, 4) is 0 Å². The molecule has 0 fully saturated rings. The summed E-state index contributed by atoms with van der Waals surface area (Å²) < 4.78 is 0. The molecule has 278 valence electrons. The maximum atomic E-state index is 10.3. The average Bonchev–Trinajstić information content (AvgIpc) is 3.03. The second-order valence-corrected chi connectivity index (χ2v) is 14.3. The molecule has 0 amide bonds. The van der Waals surface area contributed by atoms with Crippen LogP contribution in [-0.4, -0.2) is 11.9 Å². The van der Waals surface area contributed by atoms with Gasteiger partial charge < -0.3 is 19.8 Å². The van der Waals surface area contributed by atoms with E-state index in [0.717, 1.165) is 25.7 Å². The Morgan fingerprint density at radius 3 is 0.532 bits per heavy atom. The van der Waals surface area contributed by atoms with Gasteiger partial charge in [-0.1, -0.05) is 232 Å². The van der Waals surface area contributed by atoms with E-state index in [9.17, 15) is 19.8 Å².